The molecule has 0 amide bonds. The first kappa shape index (κ1) is 11.2. The number of hydrogen-bond donors (Lipinski definition) is 1. The van der Waals surface area contributed by atoms with Crippen molar-refractivity contribution < 1.29 is 0 Å². The van der Waals surface area contributed by atoms with Crippen LogP contribution in [0, 0.1) is 0 Å². The van der Waals surface area contributed by atoms with Crippen LogP contribution in [-0.2, 0) is 0 Å². The molecule has 3 rings (SSSR count). The van der Waals surface area contributed by atoms with Crippen molar-refractivity contribution in [1.82, 2.24) is 25.3 Å². The van der Waals surface area contributed by atoms with Crippen LogP contribution in [0.5, 0.6) is 0 Å². The Labute approximate surface area is 106 Å². The number of nitrogens with zero attached hydrogens (tertiary/aromatic N) is 4. The van der Waals surface area contributed by atoms with Gasteiger partial charge in [0.15, 0.2) is 0 Å². The second-order valence-corrected chi connectivity index (χ2v) is 4.45. The fourth-order valence-corrected chi connectivity index (χ4v) is 2.24. The van der Waals surface area contributed by atoms with Crippen LogP contribution in [-0.4, -0.2) is 33.0 Å². The number of piperidine rings is 1. The number of hydrogen-bond acceptors (Lipinski definition) is 5. The smallest absolute Gasteiger partial charge is 0.132 e. The predicted molar refractivity (Wildman–Crippen MR) is 67.9 cm³/mol. The van der Waals surface area contributed by atoms with Crippen LogP contribution in [0.3, 0.4) is 0 Å². The van der Waals surface area contributed by atoms with Crippen molar-refractivity contribution in [2.45, 2.75) is 18.8 Å². The molecule has 0 aromatic carbocycles. The van der Waals surface area contributed by atoms with E-state index >= 15 is 0 Å². The lowest BCUT2D eigenvalue weighted by atomic mass is 9.97. The molecular formula is C13H15N5. The summed E-state index contributed by atoms with van der Waals surface area (Å²) in [4.78, 5) is 17.1. The zero-order valence-electron chi connectivity index (χ0n) is 10.1. The topological polar surface area (TPSA) is 63.6 Å². The molecule has 2 aromatic rings. The van der Waals surface area contributed by atoms with Gasteiger partial charge in [-0.15, -0.1) is 0 Å². The van der Waals surface area contributed by atoms with Crippen LogP contribution < -0.4 is 5.32 Å². The third-order valence-electron chi connectivity index (χ3n) is 3.23. The Morgan fingerprint density at radius 3 is 2.67 bits per heavy atom. The molecule has 0 unspecified atom stereocenters. The molecule has 1 aliphatic rings. The highest BCUT2D eigenvalue weighted by molar-refractivity contribution is 5.55. The van der Waals surface area contributed by atoms with Gasteiger partial charge in [0.1, 0.15) is 12.2 Å². The minimum atomic E-state index is 0.468. The van der Waals surface area contributed by atoms with Crippen LogP contribution in [0.25, 0.3) is 11.3 Å². The quantitative estimate of drug-likeness (QED) is 0.861. The van der Waals surface area contributed by atoms with Gasteiger partial charge >= 0.3 is 0 Å². The Morgan fingerprint density at radius 2 is 1.89 bits per heavy atom. The molecular weight excluding hydrogens is 226 g/mol. The minimum Gasteiger partial charge on any atom is -0.317 e. The van der Waals surface area contributed by atoms with E-state index in [4.69, 9.17) is 0 Å². The second kappa shape index (κ2) is 5.18. The van der Waals surface area contributed by atoms with E-state index in [-0.39, 0.29) is 0 Å². The van der Waals surface area contributed by atoms with E-state index in [1.54, 1.807) is 12.4 Å². The summed E-state index contributed by atoms with van der Waals surface area (Å²) in [6.45, 7) is 2.10. The second-order valence-electron chi connectivity index (χ2n) is 4.45. The lowest BCUT2D eigenvalue weighted by molar-refractivity contribution is 0.445. The molecule has 1 saturated heterocycles. The van der Waals surface area contributed by atoms with Gasteiger partial charge in [-0.1, -0.05) is 0 Å². The summed E-state index contributed by atoms with van der Waals surface area (Å²) < 4.78 is 0. The first-order chi connectivity index (χ1) is 8.93. The van der Waals surface area contributed by atoms with Gasteiger partial charge in [0.2, 0.25) is 0 Å². The normalized spacial score (nSPS) is 16.7. The Balaban J connectivity index is 1.89. The first-order valence-corrected chi connectivity index (χ1v) is 6.22. The standard InChI is InChI=1S/C13H15N5/c1-4-14-5-2-10(1)13-17-6-3-12(18-13)11-7-15-9-16-8-11/h3,6-10,14H,1-2,4-5H2. The van der Waals surface area contributed by atoms with Crippen molar-refractivity contribution in [2.75, 3.05) is 13.1 Å². The Bertz CT molecular complexity index is 508. The number of aromatic nitrogens is 4. The molecule has 1 N–H and O–H groups in total. The molecule has 18 heavy (non-hydrogen) atoms. The fraction of sp³-hybridized carbons (Fsp3) is 0.385. The number of rotatable bonds is 2. The molecule has 3 heterocycles. The highest BCUT2D eigenvalue weighted by Gasteiger charge is 2.18. The average Bonchev–Trinajstić information content (AvgIpc) is 2.49. The SMILES string of the molecule is c1ncc(-c2ccnc(C3CCNCC3)n2)cn1. The lowest BCUT2D eigenvalue weighted by Gasteiger charge is -2.21. The van der Waals surface area contributed by atoms with Crippen LogP contribution in [0.1, 0.15) is 24.6 Å². The van der Waals surface area contributed by atoms with Gasteiger partial charge in [-0.25, -0.2) is 19.9 Å². The Morgan fingerprint density at radius 1 is 1.11 bits per heavy atom. The molecule has 0 aliphatic carbocycles. The van der Waals surface area contributed by atoms with Crippen LogP contribution in [0.4, 0.5) is 0 Å². The van der Waals surface area contributed by atoms with Gasteiger partial charge in [0.25, 0.3) is 0 Å². The summed E-state index contributed by atoms with van der Waals surface area (Å²) in [5, 5.41) is 3.36. The van der Waals surface area contributed by atoms with E-state index in [2.05, 4.69) is 25.3 Å². The van der Waals surface area contributed by atoms with Crippen molar-refractivity contribution in [1.29, 1.82) is 0 Å². The van der Waals surface area contributed by atoms with E-state index in [1.807, 2.05) is 12.3 Å². The van der Waals surface area contributed by atoms with Crippen molar-refractivity contribution in [3.05, 3.63) is 36.8 Å². The third kappa shape index (κ3) is 2.36. The van der Waals surface area contributed by atoms with Crippen molar-refractivity contribution in [2.24, 2.45) is 0 Å². The summed E-state index contributed by atoms with van der Waals surface area (Å²) in [5.41, 5.74) is 1.84. The first-order valence-electron chi connectivity index (χ1n) is 6.22. The molecule has 5 heteroatoms. The molecule has 5 nitrogen and oxygen atoms in total. The highest BCUT2D eigenvalue weighted by Crippen LogP contribution is 2.23. The lowest BCUT2D eigenvalue weighted by Crippen LogP contribution is -2.27. The zero-order chi connectivity index (χ0) is 12.2. The van der Waals surface area contributed by atoms with Gasteiger partial charge in [0, 0.05) is 30.1 Å². The van der Waals surface area contributed by atoms with Crippen molar-refractivity contribution >= 4 is 0 Å². The maximum absolute atomic E-state index is 4.65. The molecule has 1 fully saturated rings. The molecule has 2 aromatic heterocycles. The van der Waals surface area contributed by atoms with E-state index in [9.17, 15) is 0 Å². The molecule has 1 aliphatic heterocycles. The molecule has 0 bridgehead atoms. The van der Waals surface area contributed by atoms with Gasteiger partial charge in [-0.05, 0) is 32.0 Å². The monoisotopic (exact) mass is 241 g/mol. The molecule has 92 valence electrons. The van der Waals surface area contributed by atoms with Crippen LogP contribution >= 0.6 is 0 Å². The van der Waals surface area contributed by atoms with Crippen molar-refractivity contribution in [3.8, 4) is 11.3 Å². The van der Waals surface area contributed by atoms with E-state index < -0.39 is 0 Å². The van der Waals surface area contributed by atoms with E-state index in [0.29, 0.717) is 5.92 Å². The summed E-state index contributed by atoms with van der Waals surface area (Å²) in [6.07, 6.45) is 9.12. The predicted octanol–water partition coefficient (Wildman–Crippen LogP) is 1.40. The maximum Gasteiger partial charge on any atom is 0.132 e. The maximum atomic E-state index is 4.65. The van der Waals surface area contributed by atoms with Gasteiger partial charge in [-0.3, -0.25) is 0 Å². The van der Waals surface area contributed by atoms with E-state index in [1.165, 1.54) is 6.33 Å². The fourth-order valence-electron chi connectivity index (χ4n) is 2.24. The Kier molecular flexibility index (Phi) is 3.23. The molecule has 0 radical (unpaired) electrons. The van der Waals surface area contributed by atoms with Crippen LogP contribution in [0.15, 0.2) is 31.0 Å². The minimum absolute atomic E-state index is 0.468. The van der Waals surface area contributed by atoms with Crippen LogP contribution in [0.2, 0.25) is 0 Å². The zero-order valence-corrected chi connectivity index (χ0v) is 10.1. The third-order valence-corrected chi connectivity index (χ3v) is 3.23. The summed E-state index contributed by atoms with van der Waals surface area (Å²) in [5.74, 6) is 1.41. The van der Waals surface area contributed by atoms with Crippen molar-refractivity contribution in [3.63, 3.8) is 0 Å². The highest BCUT2D eigenvalue weighted by atomic mass is 14.9. The molecule has 0 saturated carbocycles. The largest absolute Gasteiger partial charge is 0.317 e. The summed E-state index contributed by atoms with van der Waals surface area (Å²) >= 11 is 0. The average molecular weight is 241 g/mol. The number of nitrogens with one attached hydrogen (secondary N) is 1. The molecule has 0 atom stereocenters. The van der Waals surface area contributed by atoms with Gasteiger partial charge < -0.3 is 5.32 Å². The van der Waals surface area contributed by atoms with Gasteiger partial charge in [0.05, 0.1) is 5.69 Å². The summed E-state index contributed by atoms with van der Waals surface area (Å²) in [7, 11) is 0. The Hall–Kier alpha value is -1.88. The van der Waals surface area contributed by atoms with E-state index in [0.717, 1.165) is 43.0 Å². The molecule has 0 spiro atoms. The van der Waals surface area contributed by atoms with Gasteiger partial charge in [-0.2, -0.15) is 0 Å². The summed E-state index contributed by atoms with van der Waals surface area (Å²) in [6, 6.07) is 1.91.